The lowest BCUT2D eigenvalue weighted by Crippen LogP contribution is -2.32. The van der Waals surface area contributed by atoms with Gasteiger partial charge in [0.1, 0.15) is 6.42 Å². The van der Waals surface area contributed by atoms with E-state index in [1.54, 1.807) is 11.9 Å². The molecular formula is C10H17N3O. The molecule has 0 aliphatic carbocycles. The number of hydrogen-bond acceptors (Lipinski definition) is 3. The van der Waals surface area contributed by atoms with Gasteiger partial charge in [0, 0.05) is 20.1 Å². The molecule has 1 fully saturated rings. The number of carbonyl (C=O) groups excluding carboxylic acids is 1. The van der Waals surface area contributed by atoms with Crippen molar-refractivity contribution in [2.45, 2.75) is 12.8 Å². The highest BCUT2D eigenvalue weighted by Crippen LogP contribution is 2.15. The van der Waals surface area contributed by atoms with Gasteiger partial charge in [0.25, 0.3) is 0 Å². The van der Waals surface area contributed by atoms with Crippen molar-refractivity contribution in [2.75, 3.05) is 33.7 Å². The van der Waals surface area contributed by atoms with E-state index in [9.17, 15) is 4.79 Å². The predicted molar refractivity (Wildman–Crippen MR) is 53.5 cm³/mol. The molecule has 0 aromatic heterocycles. The number of hydrogen-bond donors (Lipinski definition) is 0. The van der Waals surface area contributed by atoms with Gasteiger partial charge in [-0.2, -0.15) is 5.26 Å². The van der Waals surface area contributed by atoms with Crippen molar-refractivity contribution in [2.24, 2.45) is 5.92 Å². The molecule has 4 nitrogen and oxygen atoms in total. The zero-order valence-electron chi connectivity index (χ0n) is 8.86. The molecule has 4 heteroatoms. The number of likely N-dealkylation sites (tertiary alicyclic amines) is 1. The van der Waals surface area contributed by atoms with Crippen LogP contribution in [0.3, 0.4) is 0 Å². The van der Waals surface area contributed by atoms with Gasteiger partial charge in [0.15, 0.2) is 0 Å². The van der Waals surface area contributed by atoms with Gasteiger partial charge >= 0.3 is 0 Å². The average Bonchev–Trinajstić information content (AvgIpc) is 2.51. The van der Waals surface area contributed by atoms with Crippen molar-refractivity contribution in [3.05, 3.63) is 0 Å². The number of nitriles is 1. The summed E-state index contributed by atoms with van der Waals surface area (Å²) >= 11 is 0. The molecule has 0 saturated carbocycles. The van der Waals surface area contributed by atoms with Crippen LogP contribution in [0.2, 0.25) is 0 Å². The number of amides is 1. The summed E-state index contributed by atoms with van der Waals surface area (Å²) < 4.78 is 0. The van der Waals surface area contributed by atoms with Crippen molar-refractivity contribution in [3.8, 4) is 6.07 Å². The third-order valence-corrected chi connectivity index (χ3v) is 2.68. The first-order chi connectivity index (χ1) is 6.63. The molecular weight excluding hydrogens is 178 g/mol. The third kappa shape index (κ3) is 3.00. The van der Waals surface area contributed by atoms with E-state index in [2.05, 4.69) is 11.9 Å². The Morgan fingerprint density at radius 3 is 2.93 bits per heavy atom. The summed E-state index contributed by atoms with van der Waals surface area (Å²) in [5.74, 6) is 0.509. The summed E-state index contributed by atoms with van der Waals surface area (Å²) in [7, 11) is 3.87. The molecule has 1 saturated heterocycles. The van der Waals surface area contributed by atoms with E-state index < -0.39 is 0 Å². The number of rotatable bonds is 3. The van der Waals surface area contributed by atoms with Crippen LogP contribution in [0.5, 0.6) is 0 Å². The molecule has 1 unspecified atom stereocenters. The normalized spacial score (nSPS) is 21.9. The van der Waals surface area contributed by atoms with E-state index in [1.807, 2.05) is 6.07 Å². The summed E-state index contributed by atoms with van der Waals surface area (Å²) in [5, 5.41) is 8.38. The fourth-order valence-corrected chi connectivity index (χ4v) is 1.87. The van der Waals surface area contributed by atoms with Crippen LogP contribution in [-0.2, 0) is 4.79 Å². The second kappa shape index (κ2) is 4.97. The smallest absolute Gasteiger partial charge is 0.236 e. The topological polar surface area (TPSA) is 47.3 Å². The molecule has 0 radical (unpaired) electrons. The van der Waals surface area contributed by atoms with E-state index in [1.165, 1.54) is 0 Å². The lowest BCUT2D eigenvalue weighted by atomic mass is 10.1. The Hall–Kier alpha value is -1.08. The molecule has 1 amide bonds. The minimum atomic E-state index is -0.0675. The van der Waals surface area contributed by atoms with E-state index in [-0.39, 0.29) is 12.3 Å². The molecule has 0 aromatic carbocycles. The molecule has 0 spiro atoms. The maximum absolute atomic E-state index is 11.3. The summed E-state index contributed by atoms with van der Waals surface area (Å²) in [6.45, 7) is 2.96. The van der Waals surface area contributed by atoms with Crippen molar-refractivity contribution < 1.29 is 4.79 Å². The standard InChI is InChI=1S/C10H17N3O/c1-12-6-4-9(7-12)8-13(2)10(14)3-5-11/h9H,3-4,6-8H2,1-2H3. The van der Waals surface area contributed by atoms with Crippen LogP contribution in [-0.4, -0.2) is 49.4 Å². The Bertz CT molecular complexity index is 246. The Labute approximate surface area is 85.1 Å². The molecule has 0 N–H and O–H groups in total. The Morgan fingerprint density at radius 2 is 2.43 bits per heavy atom. The second-order valence-corrected chi connectivity index (χ2v) is 4.03. The van der Waals surface area contributed by atoms with E-state index in [4.69, 9.17) is 5.26 Å². The Kier molecular flexibility index (Phi) is 3.90. The maximum Gasteiger partial charge on any atom is 0.236 e. The molecule has 1 aliphatic heterocycles. The summed E-state index contributed by atoms with van der Waals surface area (Å²) in [6.07, 6.45) is 1.15. The van der Waals surface area contributed by atoms with E-state index in [0.29, 0.717) is 5.92 Å². The minimum Gasteiger partial charge on any atom is -0.345 e. The van der Waals surface area contributed by atoms with Crippen LogP contribution in [0.4, 0.5) is 0 Å². The van der Waals surface area contributed by atoms with Gasteiger partial charge in [-0.25, -0.2) is 0 Å². The number of nitrogens with zero attached hydrogens (tertiary/aromatic N) is 3. The highest BCUT2D eigenvalue weighted by atomic mass is 16.2. The van der Waals surface area contributed by atoms with Crippen molar-refractivity contribution in [1.29, 1.82) is 5.26 Å². The lowest BCUT2D eigenvalue weighted by molar-refractivity contribution is -0.129. The molecule has 78 valence electrons. The molecule has 1 heterocycles. The first-order valence-corrected chi connectivity index (χ1v) is 4.93. The summed E-state index contributed by atoms with van der Waals surface area (Å²) in [5.41, 5.74) is 0. The molecule has 1 atom stereocenters. The Balaban J connectivity index is 2.30. The molecule has 1 aliphatic rings. The zero-order chi connectivity index (χ0) is 10.6. The largest absolute Gasteiger partial charge is 0.345 e. The van der Waals surface area contributed by atoms with Crippen LogP contribution < -0.4 is 0 Å². The fourth-order valence-electron chi connectivity index (χ4n) is 1.87. The predicted octanol–water partition coefficient (Wildman–Crippen LogP) is 0.310. The average molecular weight is 195 g/mol. The second-order valence-electron chi connectivity index (χ2n) is 4.03. The SMILES string of the molecule is CN1CCC(CN(C)C(=O)CC#N)C1. The zero-order valence-corrected chi connectivity index (χ0v) is 8.86. The van der Waals surface area contributed by atoms with Crippen molar-refractivity contribution >= 4 is 5.91 Å². The minimum absolute atomic E-state index is 0.000933. The van der Waals surface area contributed by atoms with Gasteiger partial charge in [-0.1, -0.05) is 0 Å². The van der Waals surface area contributed by atoms with Crippen molar-refractivity contribution in [3.63, 3.8) is 0 Å². The summed E-state index contributed by atoms with van der Waals surface area (Å²) in [6, 6.07) is 1.88. The van der Waals surface area contributed by atoms with Crippen molar-refractivity contribution in [1.82, 2.24) is 9.80 Å². The molecule has 14 heavy (non-hydrogen) atoms. The Morgan fingerprint density at radius 1 is 1.71 bits per heavy atom. The first kappa shape index (κ1) is 11.0. The molecule has 1 rings (SSSR count). The van der Waals surface area contributed by atoms with Gasteiger partial charge in [0.05, 0.1) is 6.07 Å². The highest BCUT2D eigenvalue weighted by Gasteiger charge is 2.22. The van der Waals surface area contributed by atoms with Crippen LogP contribution >= 0.6 is 0 Å². The van der Waals surface area contributed by atoms with Gasteiger partial charge in [-0.3, -0.25) is 4.79 Å². The van der Waals surface area contributed by atoms with Crippen LogP contribution in [0, 0.1) is 17.2 Å². The fraction of sp³-hybridized carbons (Fsp3) is 0.800. The highest BCUT2D eigenvalue weighted by molar-refractivity contribution is 5.77. The third-order valence-electron chi connectivity index (χ3n) is 2.68. The van der Waals surface area contributed by atoms with Gasteiger partial charge in [-0.15, -0.1) is 0 Å². The molecule has 0 aromatic rings. The van der Waals surface area contributed by atoms with Crippen LogP contribution in [0.1, 0.15) is 12.8 Å². The van der Waals surface area contributed by atoms with Gasteiger partial charge in [-0.05, 0) is 25.9 Å². The quantitative estimate of drug-likeness (QED) is 0.651. The molecule has 0 bridgehead atoms. The first-order valence-electron chi connectivity index (χ1n) is 4.93. The monoisotopic (exact) mass is 195 g/mol. The number of carbonyl (C=O) groups is 1. The van der Waals surface area contributed by atoms with E-state index in [0.717, 1.165) is 26.1 Å². The lowest BCUT2D eigenvalue weighted by Gasteiger charge is -2.20. The van der Waals surface area contributed by atoms with E-state index >= 15 is 0 Å². The van der Waals surface area contributed by atoms with Gasteiger partial charge in [0.2, 0.25) is 5.91 Å². The van der Waals surface area contributed by atoms with Crippen LogP contribution in [0.15, 0.2) is 0 Å². The summed E-state index contributed by atoms with van der Waals surface area (Å²) in [4.78, 5) is 15.2. The van der Waals surface area contributed by atoms with Crippen LogP contribution in [0.25, 0.3) is 0 Å². The maximum atomic E-state index is 11.3. The van der Waals surface area contributed by atoms with Gasteiger partial charge < -0.3 is 9.80 Å².